The Morgan fingerprint density at radius 2 is 1.64 bits per heavy atom. The van der Waals surface area contributed by atoms with Crippen LogP contribution >= 0.6 is 11.3 Å². The molecule has 2 saturated heterocycles. The van der Waals surface area contributed by atoms with E-state index in [2.05, 4.69) is 57.3 Å². The summed E-state index contributed by atoms with van der Waals surface area (Å²) in [5.74, 6) is 0.701. The number of hydrogen-bond donors (Lipinski definition) is 1. The largest absolute Gasteiger partial charge is 0.440 e. The second-order valence-electron chi connectivity index (χ2n) is 12.1. The zero-order chi connectivity index (χ0) is 29.8. The lowest BCUT2D eigenvalue weighted by Gasteiger charge is -2.38. The van der Waals surface area contributed by atoms with E-state index in [0.29, 0.717) is 43.2 Å². The monoisotopic (exact) mass is 608 g/mol. The Morgan fingerprint density at radius 3 is 2.39 bits per heavy atom. The number of ether oxygens (including phenoxy) is 1. The number of thiophene rings is 1. The van der Waals surface area contributed by atoms with Crippen LogP contribution in [-0.2, 0) is 9.53 Å². The molecule has 1 aliphatic carbocycles. The van der Waals surface area contributed by atoms with Crippen molar-refractivity contribution in [3.8, 4) is 11.1 Å². The number of morpholine rings is 1. The summed E-state index contributed by atoms with van der Waals surface area (Å²) in [6.45, 7) is 9.81. The van der Waals surface area contributed by atoms with Gasteiger partial charge in [0.15, 0.2) is 11.3 Å². The topological polar surface area (TPSA) is 78.3 Å². The zero-order valence-corrected chi connectivity index (χ0v) is 25.8. The van der Waals surface area contributed by atoms with E-state index in [1.807, 2.05) is 24.3 Å². The van der Waals surface area contributed by atoms with Crippen LogP contribution < -0.4 is 15.6 Å². The van der Waals surface area contributed by atoms with Crippen LogP contribution in [0, 0.1) is 0 Å². The Morgan fingerprint density at radius 1 is 0.886 bits per heavy atom. The van der Waals surface area contributed by atoms with Gasteiger partial charge >= 0.3 is 0 Å². The van der Waals surface area contributed by atoms with Gasteiger partial charge in [0.1, 0.15) is 11.1 Å². The Hall–Kier alpha value is -3.76. The van der Waals surface area contributed by atoms with Crippen molar-refractivity contribution in [1.29, 1.82) is 0 Å². The van der Waals surface area contributed by atoms with E-state index in [-0.39, 0.29) is 16.9 Å². The minimum Gasteiger partial charge on any atom is -0.440 e. The third-order valence-corrected chi connectivity index (χ3v) is 10.9. The Bertz CT molecular complexity index is 1950. The van der Waals surface area contributed by atoms with Crippen LogP contribution in [-0.4, -0.2) is 80.3 Å². The molecule has 0 unspecified atom stereocenters. The molecule has 0 atom stereocenters. The summed E-state index contributed by atoms with van der Waals surface area (Å²) in [7, 11) is 0. The minimum absolute atomic E-state index is 0.0424. The Balaban J connectivity index is 1.14. The average Bonchev–Trinajstić information content (AvgIpc) is 3.80. The van der Waals surface area contributed by atoms with Gasteiger partial charge in [-0.25, -0.2) is 0 Å². The van der Waals surface area contributed by atoms with Crippen molar-refractivity contribution < 1.29 is 13.9 Å². The molecule has 5 aromatic rings. The van der Waals surface area contributed by atoms with Crippen LogP contribution in [0.2, 0.25) is 0 Å². The van der Waals surface area contributed by atoms with E-state index in [1.165, 1.54) is 0 Å². The van der Waals surface area contributed by atoms with Crippen molar-refractivity contribution in [2.45, 2.75) is 25.3 Å². The van der Waals surface area contributed by atoms with Crippen molar-refractivity contribution in [2.75, 3.05) is 69.2 Å². The number of anilines is 2. The van der Waals surface area contributed by atoms with E-state index in [4.69, 9.17) is 9.15 Å². The third kappa shape index (κ3) is 4.70. The van der Waals surface area contributed by atoms with E-state index >= 15 is 0 Å². The fourth-order valence-electron chi connectivity index (χ4n) is 6.95. The fraction of sp³-hybridized carbons (Fsp3) is 0.371. The average molecular weight is 609 g/mol. The first kappa shape index (κ1) is 27.8. The predicted octanol–water partition coefficient (Wildman–Crippen LogP) is 5.77. The number of rotatable bonds is 6. The van der Waals surface area contributed by atoms with E-state index in [1.54, 1.807) is 17.4 Å². The first-order valence-electron chi connectivity index (χ1n) is 15.7. The highest BCUT2D eigenvalue weighted by Crippen LogP contribution is 2.45. The number of hydrogen-bond acceptors (Lipinski definition) is 8. The Labute approximate surface area is 259 Å². The number of carbonyl (C=O) groups is 1. The van der Waals surface area contributed by atoms with E-state index < -0.39 is 0 Å². The van der Waals surface area contributed by atoms with Gasteiger partial charge in [0.2, 0.25) is 5.91 Å². The van der Waals surface area contributed by atoms with Crippen LogP contribution in [0.4, 0.5) is 11.6 Å². The molecular weight excluding hydrogens is 572 g/mol. The maximum absolute atomic E-state index is 13.6. The summed E-state index contributed by atoms with van der Waals surface area (Å²) >= 11 is 1.73. The van der Waals surface area contributed by atoms with Crippen LogP contribution in [0.5, 0.6) is 0 Å². The van der Waals surface area contributed by atoms with Gasteiger partial charge in [-0.1, -0.05) is 37.3 Å². The number of benzene rings is 3. The highest BCUT2D eigenvalue weighted by atomic mass is 32.1. The van der Waals surface area contributed by atoms with Gasteiger partial charge in [0, 0.05) is 82.3 Å². The lowest BCUT2D eigenvalue weighted by atomic mass is 10.0. The second-order valence-corrected chi connectivity index (χ2v) is 13.2. The predicted molar refractivity (Wildman–Crippen MR) is 178 cm³/mol. The molecule has 3 fully saturated rings. The van der Waals surface area contributed by atoms with Gasteiger partial charge in [-0.05, 0) is 43.7 Å². The maximum atomic E-state index is 13.6. The molecule has 0 bridgehead atoms. The zero-order valence-electron chi connectivity index (χ0n) is 24.9. The number of amides is 1. The first-order valence-corrected chi connectivity index (χ1v) is 16.5. The molecule has 3 aliphatic rings. The van der Waals surface area contributed by atoms with Gasteiger partial charge in [0.25, 0.3) is 0 Å². The number of likely N-dealkylation sites (N-methyl/N-ethyl adjacent to an activating group) is 1. The fourth-order valence-corrected chi connectivity index (χ4v) is 8.16. The molecule has 44 heavy (non-hydrogen) atoms. The Kier molecular flexibility index (Phi) is 6.94. The van der Waals surface area contributed by atoms with Crippen LogP contribution in [0.1, 0.15) is 19.8 Å². The summed E-state index contributed by atoms with van der Waals surface area (Å²) in [5, 5.41) is 6.09. The van der Waals surface area contributed by atoms with Crippen LogP contribution in [0.3, 0.4) is 0 Å². The SMILES string of the molecule is CCN1CCN(C2(C(=O)Nc3ccc4sc5c(-c6cccc7c(=O)cc(N8CCOCC8)oc67)cccc5c4c3)CC2)CC1. The summed E-state index contributed by atoms with van der Waals surface area (Å²) in [5.41, 5.74) is 2.96. The summed E-state index contributed by atoms with van der Waals surface area (Å²) in [6, 6.07) is 19.9. The number of carbonyl (C=O) groups excluding carboxylic acids is 1. The molecular formula is C35H36N4O4S. The molecule has 9 heteroatoms. The van der Waals surface area contributed by atoms with Gasteiger partial charge in [-0.3, -0.25) is 14.5 Å². The van der Waals surface area contributed by atoms with Crippen molar-refractivity contribution in [1.82, 2.24) is 9.80 Å². The second kappa shape index (κ2) is 11.0. The molecule has 226 valence electrons. The van der Waals surface area contributed by atoms with Crippen LogP contribution in [0.15, 0.2) is 69.9 Å². The van der Waals surface area contributed by atoms with Crippen molar-refractivity contribution in [3.05, 3.63) is 70.9 Å². The highest BCUT2D eigenvalue weighted by molar-refractivity contribution is 7.26. The molecule has 0 spiro atoms. The van der Waals surface area contributed by atoms with Crippen molar-refractivity contribution in [2.24, 2.45) is 0 Å². The molecule has 8 nitrogen and oxygen atoms in total. The molecule has 2 aliphatic heterocycles. The molecule has 1 amide bonds. The number of piperazine rings is 1. The molecule has 1 saturated carbocycles. The quantitative estimate of drug-likeness (QED) is 0.262. The number of fused-ring (bicyclic) bond motifs is 4. The third-order valence-electron chi connectivity index (χ3n) is 9.68. The molecule has 2 aromatic heterocycles. The minimum atomic E-state index is -0.364. The standard InChI is InChI=1S/C35H36N4O4S/c1-2-37-13-15-39(16-14-37)35(11-12-35)34(41)36-23-9-10-30-28(21-23)26-7-4-6-25(33(26)44-30)24-5-3-8-27-29(40)22-31(43-32(24)27)38-17-19-42-20-18-38/h3-10,21-22H,2,11-20H2,1H3,(H,36,41). The molecule has 1 N–H and O–H groups in total. The van der Waals surface area contributed by atoms with Gasteiger partial charge in [-0.15, -0.1) is 11.3 Å². The first-order chi connectivity index (χ1) is 21.5. The van der Waals surface area contributed by atoms with Crippen molar-refractivity contribution in [3.63, 3.8) is 0 Å². The molecule has 4 heterocycles. The number of nitrogens with zero attached hydrogens (tertiary/aromatic N) is 3. The summed E-state index contributed by atoms with van der Waals surface area (Å²) in [4.78, 5) is 33.7. The number of nitrogens with one attached hydrogen (secondary N) is 1. The summed E-state index contributed by atoms with van der Waals surface area (Å²) < 4.78 is 14.3. The normalized spacial score (nSPS) is 19.2. The lowest BCUT2D eigenvalue weighted by Crippen LogP contribution is -2.55. The van der Waals surface area contributed by atoms with Gasteiger partial charge in [0.05, 0.1) is 18.6 Å². The molecule has 3 aromatic carbocycles. The summed E-state index contributed by atoms with van der Waals surface area (Å²) in [6.07, 6.45) is 1.85. The molecule has 0 radical (unpaired) electrons. The highest BCUT2D eigenvalue weighted by Gasteiger charge is 2.54. The molecule has 8 rings (SSSR count). The van der Waals surface area contributed by atoms with E-state index in [9.17, 15) is 9.59 Å². The van der Waals surface area contributed by atoms with Crippen molar-refractivity contribution >= 4 is 60.0 Å². The maximum Gasteiger partial charge on any atom is 0.244 e. The lowest BCUT2D eigenvalue weighted by molar-refractivity contribution is -0.123. The van der Waals surface area contributed by atoms with E-state index in [0.717, 1.165) is 82.6 Å². The van der Waals surface area contributed by atoms with Crippen LogP contribution in [0.25, 0.3) is 42.3 Å². The number of para-hydroxylation sites is 1. The van der Waals surface area contributed by atoms with Gasteiger partial charge < -0.3 is 24.3 Å². The smallest absolute Gasteiger partial charge is 0.244 e. The van der Waals surface area contributed by atoms with Gasteiger partial charge in [-0.2, -0.15) is 0 Å².